The summed E-state index contributed by atoms with van der Waals surface area (Å²) in [5.41, 5.74) is 1.07. The van der Waals surface area contributed by atoms with Gasteiger partial charge in [0.15, 0.2) is 0 Å². The van der Waals surface area contributed by atoms with Crippen LogP contribution < -0.4 is 5.32 Å². The third-order valence-electron chi connectivity index (χ3n) is 1.96. The summed E-state index contributed by atoms with van der Waals surface area (Å²) in [6.07, 6.45) is 1.67. The summed E-state index contributed by atoms with van der Waals surface area (Å²) in [6.45, 7) is 0.685. The van der Waals surface area contributed by atoms with Crippen LogP contribution in [0, 0.1) is 3.57 Å². The van der Waals surface area contributed by atoms with Gasteiger partial charge in [0.2, 0.25) is 0 Å². The standard InChI is InChI=1S/C11H9ClINO/c12-8-3-4-11(10(13)6-8)14-7-9-2-1-5-15-9/h1-6,14H,7H2. The van der Waals surface area contributed by atoms with Crippen LogP contribution in [-0.4, -0.2) is 0 Å². The predicted octanol–water partition coefficient (Wildman–Crippen LogP) is 4.15. The summed E-state index contributed by atoms with van der Waals surface area (Å²) in [6, 6.07) is 9.58. The van der Waals surface area contributed by atoms with Gasteiger partial charge in [-0.2, -0.15) is 0 Å². The second-order valence-corrected chi connectivity index (χ2v) is 4.66. The molecule has 0 spiro atoms. The van der Waals surface area contributed by atoms with Gasteiger partial charge in [0.25, 0.3) is 0 Å². The number of furan rings is 1. The van der Waals surface area contributed by atoms with E-state index in [9.17, 15) is 0 Å². The summed E-state index contributed by atoms with van der Waals surface area (Å²) in [5, 5.41) is 4.04. The molecule has 1 aromatic carbocycles. The molecular formula is C11H9ClINO. The number of nitrogens with one attached hydrogen (secondary N) is 1. The highest BCUT2D eigenvalue weighted by Gasteiger charge is 2.01. The SMILES string of the molecule is Clc1ccc(NCc2ccco2)c(I)c1. The van der Waals surface area contributed by atoms with Crippen molar-refractivity contribution in [2.75, 3.05) is 5.32 Å². The van der Waals surface area contributed by atoms with Crippen LogP contribution in [0.4, 0.5) is 5.69 Å². The van der Waals surface area contributed by atoms with Gasteiger partial charge in [0.05, 0.1) is 12.8 Å². The van der Waals surface area contributed by atoms with Crippen molar-refractivity contribution in [3.05, 3.63) is 50.9 Å². The molecule has 0 bridgehead atoms. The van der Waals surface area contributed by atoms with Crippen LogP contribution in [0.3, 0.4) is 0 Å². The van der Waals surface area contributed by atoms with E-state index in [0.29, 0.717) is 6.54 Å². The Morgan fingerprint density at radius 1 is 1.33 bits per heavy atom. The molecule has 1 heterocycles. The number of anilines is 1. The van der Waals surface area contributed by atoms with Crippen molar-refractivity contribution in [1.82, 2.24) is 0 Å². The van der Waals surface area contributed by atoms with Crippen molar-refractivity contribution >= 4 is 39.9 Å². The first-order chi connectivity index (χ1) is 7.25. The van der Waals surface area contributed by atoms with Gasteiger partial charge in [-0.25, -0.2) is 0 Å². The molecule has 0 radical (unpaired) electrons. The highest BCUT2D eigenvalue weighted by molar-refractivity contribution is 14.1. The first kappa shape index (κ1) is 10.8. The van der Waals surface area contributed by atoms with Crippen molar-refractivity contribution in [3.8, 4) is 0 Å². The third-order valence-corrected chi connectivity index (χ3v) is 3.09. The first-order valence-electron chi connectivity index (χ1n) is 4.47. The van der Waals surface area contributed by atoms with E-state index >= 15 is 0 Å². The zero-order valence-corrected chi connectivity index (χ0v) is 10.7. The van der Waals surface area contributed by atoms with E-state index in [-0.39, 0.29) is 0 Å². The van der Waals surface area contributed by atoms with Gasteiger partial charge in [0, 0.05) is 14.3 Å². The molecule has 2 rings (SSSR count). The molecule has 1 aromatic heterocycles. The average molecular weight is 334 g/mol. The van der Waals surface area contributed by atoms with Gasteiger partial charge in [-0.3, -0.25) is 0 Å². The topological polar surface area (TPSA) is 25.2 Å². The molecule has 0 aliphatic heterocycles. The molecule has 2 nitrogen and oxygen atoms in total. The van der Waals surface area contributed by atoms with E-state index < -0.39 is 0 Å². The van der Waals surface area contributed by atoms with Gasteiger partial charge in [-0.15, -0.1) is 0 Å². The van der Waals surface area contributed by atoms with Gasteiger partial charge in [0.1, 0.15) is 5.76 Å². The molecule has 4 heteroatoms. The van der Waals surface area contributed by atoms with E-state index in [1.165, 1.54) is 0 Å². The van der Waals surface area contributed by atoms with E-state index in [0.717, 1.165) is 20.0 Å². The fraction of sp³-hybridized carbons (Fsp3) is 0.0909. The monoisotopic (exact) mass is 333 g/mol. The van der Waals surface area contributed by atoms with Crippen LogP contribution in [0.1, 0.15) is 5.76 Å². The molecule has 0 amide bonds. The first-order valence-corrected chi connectivity index (χ1v) is 5.92. The molecule has 0 saturated heterocycles. The average Bonchev–Trinajstić information content (AvgIpc) is 2.69. The van der Waals surface area contributed by atoms with Crippen molar-refractivity contribution in [2.45, 2.75) is 6.54 Å². The lowest BCUT2D eigenvalue weighted by Crippen LogP contribution is -1.99. The predicted molar refractivity (Wildman–Crippen MR) is 70.2 cm³/mol. The Bertz CT molecular complexity index is 442. The molecule has 0 fully saturated rings. The number of rotatable bonds is 3. The molecule has 0 unspecified atom stereocenters. The minimum atomic E-state index is 0.685. The lowest BCUT2D eigenvalue weighted by atomic mass is 10.3. The zero-order chi connectivity index (χ0) is 10.7. The summed E-state index contributed by atoms with van der Waals surface area (Å²) < 4.78 is 6.33. The van der Waals surface area contributed by atoms with Gasteiger partial charge in [-0.05, 0) is 52.9 Å². The maximum Gasteiger partial charge on any atom is 0.122 e. The molecule has 0 aliphatic carbocycles. The summed E-state index contributed by atoms with van der Waals surface area (Å²) in [5.74, 6) is 0.917. The number of hydrogen-bond donors (Lipinski definition) is 1. The summed E-state index contributed by atoms with van der Waals surface area (Å²) in [7, 11) is 0. The van der Waals surface area contributed by atoms with E-state index in [1.54, 1.807) is 6.26 Å². The maximum absolute atomic E-state index is 5.87. The van der Waals surface area contributed by atoms with Crippen LogP contribution in [0.25, 0.3) is 0 Å². The second kappa shape index (κ2) is 4.90. The molecule has 15 heavy (non-hydrogen) atoms. The highest BCUT2D eigenvalue weighted by atomic mass is 127. The smallest absolute Gasteiger partial charge is 0.122 e. The molecular weight excluding hydrogens is 324 g/mol. The fourth-order valence-corrected chi connectivity index (χ4v) is 2.29. The maximum atomic E-state index is 5.87. The Hall–Kier alpha value is -0.680. The van der Waals surface area contributed by atoms with Crippen LogP contribution in [-0.2, 0) is 6.54 Å². The molecule has 1 N–H and O–H groups in total. The van der Waals surface area contributed by atoms with Gasteiger partial charge in [-0.1, -0.05) is 11.6 Å². The Labute approximate surface area is 107 Å². The zero-order valence-electron chi connectivity index (χ0n) is 7.84. The van der Waals surface area contributed by atoms with E-state index in [2.05, 4.69) is 27.9 Å². The minimum Gasteiger partial charge on any atom is -0.467 e. The summed E-state index contributed by atoms with van der Waals surface area (Å²) >= 11 is 8.12. The Morgan fingerprint density at radius 3 is 2.87 bits per heavy atom. The van der Waals surface area contributed by atoms with Crippen LogP contribution in [0.15, 0.2) is 41.0 Å². The Morgan fingerprint density at radius 2 is 2.20 bits per heavy atom. The van der Waals surface area contributed by atoms with E-state index in [4.69, 9.17) is 16.0 Å². The number of benzene rings is 1. The van der Waals surface area contributed by atoms with Crippen LogP contribution in [0.2, 0.25) is 5.02 Å². The van der Waals surface area contributed by atoms with E-state index in [1.807, 2.05) is 30.3 Å². The fourth-order valence-electron chi connectivity index (χ4n) is 1.23. The van der Waals surface area contributed by atoms with Gasteiger partial charge >= 0.3 is 0 Å². The number of hydrogen-bond acceptors (Lipinski definition) is 2. The number of halogens is 2. The molecule has 78 valence electrons. The Kier molecular flexibility index (Phi) is 3.53. The lowest BCUT2D eigenvalue weighted by molar-refractivity contribution is 0.518. The van der Waals surface area contributed by atoms with Crippen LogP contribution in [0.5, 0.6) is 0 Å². The van der Waals surface area contributed by atoms with Crippen molar-refractivity contribution in [3.63, 3.8) is 0 Å². The largest absolute Gasteiger partial charge is 0.467 e. The van der Waals surface area contributed by atoms with Crippen molar-refractivity contribution in [1.29, 1.82) is 0 Å². The molecule has 0 aliphatic rings. The highest BCUT2D eigenvalue weighted by Crippen LogP contribution is 2.22. The normalized spacial score (nSPS) is 10.3. The second-order valence-electron chi connectivity index (χ2n) is 3.06. The molecule has 0 atom stereocenters. The summed E-state index contributed by atoms with van der Waals surface area (Å²) in [4.78, 5) is 0. The molecule has 0 saturated carbocycles. The van der Waals surface area contributed by atoms with Crippen LogP contribution >= 0.6 is 34.2 Å². The Balaban J connectivity index is 2.05. The van der Waals surface area contributed by atoms with Crippen molar-refractivity contribution in [2.24, 2.45) is 0 Å². The third kappa shape index (κ3) is 2.89. The quantitative estimate of drug-likeness (QED) is 0.854. The van der Waals surface area contributed by atoms with Crippen molar-refractivity contribution < 1.29 is 4.42 Å². The molecule has 2 aromatic rings. The lowest BCUT2D eigenvalue weighted by Gasteiger charge is -2.06. The minimum absolute atomic E-state index is 0.685. The van der Waals surface area contributed by atoms with Gasteiger partial charge < -0.3 is 9.73 Å².